The molecule has 0 amide bonds. The third kappa shape index (κ3) is 2.51. The average Bonchev–Trinajstić information content (AvgIpc) is 2.93. The molecule has 0 atom stereocenters. The van der Waals surface area contributed by atoms with Crippen LogP contribution in [0.15, 0.2) is 42.5 Å². The number of fused-ring (bicyclic) bond motifs is 1. The van der Waals surface area contributed by atoms with Crippen LogP contribution < -0.4 is 19.9 Å². The Labute approximate surface area is 116 Å². The molecule has 1 aliphatic rings. The lowest BCUT2D eigenvalue weighted by Crippen LogP contribution is -2.10. The van der Waals surface area contributed by atoms with Gasteiger partial charge in [0.1, 0.15) is 18.2 Å². The third-order valence-electron chi connectivity index (χ3n) is 2.99. The van der Waals surface area contributed by atoms with Crippen molar-refractivity contribution in [2.75, 3.05) is 6.79 Å². The van der Waals surface area contributed by atoms with Crippen LogP contribution in [-0.2, 0) is 6.61 Å². The molecule has 102 valence electrons. The quantitative estimate of drug-likeness (QED) is 0.660. The van der Waals surface area contributed by atoms with Crippen molar-refractivity contribution in [1.29, 1.82) is 5.41 Å². The molecule has 1 heterocycles. The Morgan fingerprint density at radius 1 is 1.15 bits per heavy atom. The molecule has 5 heteroatoms. The Morgan fingerprint density at radius 2 is 2.00 bits per heavy atom. The number of nitrogens with two attached hydrogens (primary N) is 1. The van der Waals surface area contributed by atoms with Gasteiger partial charge in [-0.25, -0.2) is 0 Å². The van der Waals surface area contributed by atoms with Crippen LogP contribution in [0.4, 0.5) is 0 Å². The summed E-state index contributed by atoms with van der Waals surface area (Å²) >= 11 is 0. The average molecular weight is 270 g/mol. The maximum atomic E-state index is 7.40. The summed E-state index contributed by atoms with van der Waals surface area (Å²) in [4.78, 5) is 0. The first-order valence-corrected chi connectivity index (χ1v) is 6.18. The summed E-state index contributed by atoms with van der Waals surface area (Å²) in [6, 6.07) is 12.9. The van der Waals surface area contributed by atoms with Gasteiger partial charge in [0.05, 0.1) is 0 Å². The monoisotopic (exact) mass is 270 g/mol. The number of nitrogen functional groups attached to an aromatic ring is 1. The van der Waals surface area contributed by atoms with E-state index in [2.05, 4.69) is 0 Å². The highest BCUT2D eigenvalue weighted by Gasteiger charge is 2.13. The van der Waals surface area contributed by atoms with Crippen molar-refractivity contribution < 1.29 is 14.2 Å². The number of hydrogen-bond donors (Lipinski definition) is 2. The van der Waals surface area contributed by atoms with Crippen molar-refractivity contribution in [3.8, 4) is 17.2 Å². The zero-order valence-electron chi connectivity index (χ0n) is 10.8. The molecular weight excluding hydrogens is 256 g/mol. The van der Waals surface area contributed by atoms with Crippen LogP contribution in [-0.4, -0.2) is 12.6 Å². The van der Waals surface area contributed by atoms with Gasteiger partial charge in [-0.2, -0.15) is 0 Å². The van der Waals surface area contributed by atoms with Gasteiger partial charge in [0.15, 0.2) is 11.5 Å². The molecule has 0 spiro atoms. The Bertz CT molecular complexity index is 655. The molecule has 2 aromatic rings. The SMILES string of the molecule is N=C(N)c1cccc(OCc2ccc3c(c2)OCO3)c1. The van der Waals surface area contributed by atoms with E-state index >= 15 is 0 Å². The molecule has 2 aromatic carbocycles. The van der Waals surface area contributed by atoms with Crippen molar-refractivity contribution >= 4 is 5.84 Å². The summed E-state index contributed by atoms with van der Waals surface area (Å²) in [5.41, 5.74) is 7.08. The largest absolute Gasteiger partial charge is 0.489 e. The molecule has 1 aliphatic heterocycles. The topological polar surface area (TPSA) is 77.6 Å². The van der Waals surface area contributed by atoms with E-state index in [4.69, 9.17) is 25.4 Å². The summed E-state index contributed by atoms with van der Waals surface area (Å²) in [7, 11) is 0. The molecule has 0 saturated heterocycles. The summed E-state index contributed by atoms with van der Waals surface area (Å²) in [6.07, 6.45) is 0. The molecule has 0 aliphatic carbocycles. The number of benzene rings is 2. The number of hydrogen-bond acceptors (Lipinski definition) is 4. The van der Waals surface area contributed by atoms with E-state index in [9.17, 15) is 0 Å². The Morgan fingerprint density at radius 3 is 2.85 bits per heavy atom. The second kappa shape index (κ2) is 5.13. The molecular formula is C15H14N2O3. The lowest BCUT2D eigenvalue weighted by molar-refractivity contribution is 0.174. The van der Waals surface area contributed by atoms with Gasteiger partial charge < -0.3 is 19.9 Å². The lowest BCUT2D eigenvalue weighted by Gasteiger charge is -2.08. The summed E-state index contributed by atoms with van der Waals surface area (Å²) in [6.45, 7) is 0.679. The zero-order valence-corrected chi connectivity index (χ0v) is 10.8. The highest BCUT2D eigenvalue weighted by atomic mass is 16.7. The van der Waals surface area contributed by atoms with Crippen molar-refractivity contribution in [1.82, 2.24) is 0 Å². The van der Waals surface area contributed by atoms with Crippen molar-refractivity contribution in [3.63, 3.8) is 0 Å². The standard InChI is InChI=1S/C15H14N2O3/c16-15(17)11-2-1-3-12(7-11)18-8-10-4-5-13-14(6-10)20-9-19-13/h1-7H,8-9H2,(H3,16,17). The molecule has 0 fully saturated rings. The van der Waals surface area contributed by atoms with Gasteiger partial charge in [-0.3, -0.25) is 5.41 Å². The maximum absolute atomic E-state index is 7.40. The first-order valence-electron chi connectivity index (χ1n) is 6.18. The van der Waals surface area contributed by atoms with Gasteiger partial charge in [-0.05, 0) is 29.8 Å². The number of nitrogens with one attached hydrogen (secondary N) is 1. The van der Waals surface area contributed by atoms with Crippen LogP contribution in [0.1, 0.15) is 11.1 Å². The third-order valence-corrected chi connectivity index (χ3v) is 2.99. The second-order valence-corrected chi connectivity index (χ2v) is 4.42. The number of amidine groups is 1. The van der Waals surface area contributed by atoms with E-state index in [1.54, 1.807) is 12.1 Å². The summed E-state index contributed by atoms with van der Waals surface area (Å²) in [5, 5.41) is 7.40. The van der Waals surface area contributed by atoms with Gasteiger partial charge in [-0.1, -0.05) is 18.2 Å². The molecule has 0 saturated carbocycles. The Hall–Kier alpha value is -2.69. The fourth-order valence-electron chi connectivity index (χ4n) is 1.95. The number of rotatable bonds is 4. The zero-order chi connectivity index (χ0) is 13.9. The second-order valence-electron chi connectivity index (χ2n) is 4.42. The normalized spacial score (nSPS) is 12.2. The fraction of sp³-hybridized carbons (Fsp3) is 0.133. The maximum Gasteiger partial charge on any atom is 0.231 e. The van der Waals surface area contributed by atoms with Crippen LogP contribution in [0.3, 0.4) is 0 Å². The van der Waals surface area contributed by atoms with Crippen molar-refractivity contribution in [2.24, 2.45) is 5.73 Å². The van der Waals surface area contributed by atoms with E-state index < -0.39 is 0 Å². The summed E-state index contributed by atoms with van der Waals surface area (Å²) in [5.74, 6) is 2.20. The van der Waals surface area contributed by atoms with Crippen LogP contribution >= 0.6 is 0 Å². The highest BCUT2D eigenvalue weighted by molar-refractivity contribution is 5.95. The lowest BCUT2D eigenvalue weighted by atomic mass is 10.2. The van der Waals surface area contributed by atoms with Crippen LogP contribution in [0.25, 0.3) is 0 Å². The van der Waals surface area contributed by atoms with E-state index in [-0.39, 0.29) is 12.6 Å². The van der Waals surface area contributed by atoms with E-state index in [0.29, 0.717) is 17.9 Å². The minimum atomic E-state index is 0.0264. The first-order chi connectivity index (χ1) is 9.72. The van der Waals surface area contributed by atoms with Crippen LogP contribution in [0.5, 0.6) is 17.2 Å². The van der Waals surface area contributed by atoms with Gasteiger partial charge >= 0.3 is 0 Å². The minimum Gasteiger partial charge on any atom is -0.489 e. The predicted molar refractivity (Wildman–Crippen MR) is 74.4 cm³/mol. The van der Waals surface area contributed by atoms with Gasteiger partial charge in [-0.15, -0.1) is 0 Å². The molecule has 0 bridgehead atoms. The van der Waals surface area contributed by atoms with Crippen molar-refractivity contribution in [2.45, 2.75) is 6.61 Å². The number of ether oxygens (including phenoxy) is 3. The van der Waals surface area contributed by atoms with E-state index in [0.717, 1.165) is 17.1 Å². The van der Waals surface area contributed by atoms with Gasteiger partial charge in [0.25, 0.3) is 0 Å². The molecule has 5 nitrogen and oxygen atoms in total. The smallest absolute Gasteiger partial charge is 0.231 e. The predicted octanol–water partition coefficient (Wildman–Crippen LogP) is 2.28. The molecule has 3 N–H and O–H groups in total. The Kier molecular flexibility index (Phi) is 3.16. The molecule has 0 unspecified atom stereocenters. The Balaban J connectivity index is 1.70. The molecule has 20 heavy (non-hydrogen) atoms. The van der Waals surface area contributed by atoms with Crippen LogP contribution in [0.2, 0.25) is 0 Å². The van der Waals surface area contributed by atoms with Crippen LogP contribution in [0, 0.1) is 5.41 Å². The highest BCUT2D eigenvalue weighted by Crippen LogP contribution is 2.32. The first kappa shape index (κ1) is 12.3. The molecule has 3 rings (SSSR count). The fourth-order valence-corrected chi connectivity index (χ4v) is 1.95. The molecule has 0 radical (unpaired) electrons. The van der Waals surface area contributed by atoms with E-state index in [1.807, 2.05) is 30.3 Å². The van der Waals surface area contributed by atoms with Gasteiger partial charge in [0, 0.05) is 5.56 Å². The van der Waals surface area contributed by atoms with Crippen molar-refractivity contribution in [3.05, 3.63) is 53.6 Å². The summed E-state index contributed by atoms with van der Waals surface area (Å²) < 4.78 is 16.3. The van der Waals surface area contributed by atoms with Gasteiger partial charge in [0.2, 0.25) is 6.79 Å². The minimum absolute atomic E-state index is 0.0264. The van der Waals surface area contributed by atoms with E-state index in [1.165, 1.54) is 0 Å². The molecule has 0 aromatic heterocycles.